The van der Waals surface area contributed by atoms with Crippen molar-refractivity contribution in [2.75, 3.05) is 18.5 Å². The van der Waals surface area contributed by atoms with Crippen molar-refractivity contribution in [3.63, 3.8) is 0 Å². The Hall–Kier alpha value is -4.98. The first-order valence-corrected chi connectivity index (χ1v) is 18.8. The number of carbonyl (C=O) groups excluding carboxylic acids is 2. The van der Waals surface area contributed by atoms with Crippen molar-refractivity contribution in [1.82, 2.24) is 34.0 Å². The first kappa shape index (κ1) is 32.7. The lowest BCUT2D eigenvalue weighted by Gasteiger charge is -2.58. The second-order valence-electron chi connectivity index (χ2n) is 16.4. The summed E-state index contributed by atoms with van der Waals surface area (Å²) >= 11 is 0. The van der Waals surface area contributed by atoms with Crippen LogP contribution < -0.4 is 10.9 Å². The average Bonchev–Trinajstić information content (AvgIpc) is 4.04. The SMILES string of the molecule is Cc1ncnc(C(=O)N2CC[C@]3(c4c(n(CC(=O)Nc5ccc(C6CC6)cc5F)c5nc(C6=CC(C)(C)OCC6)nn5c4=O)[C@H]4C[C@H]43)[C@@H]3CC[C@@H]32)c1O. The van der Waals surface area contributed by atoms with Gasteiger partial charge in [0, 0.05) is 35.2 Å². The van der Waals surface area contributed by atoms with E-state index in [1.54, 1.807) is 13.0 Å². The average molecular weight is 721 g/mol. The van der Waals surface area contributed by atoms with Gasteiger partial charge in [-0.15, -0.1) is 5.10 Å². The lowest BCUT2D eigenvalue weighted by Crippen LogP contribution is -2.64. The van der Waals surface area contributed by atoms with E-state index in [1.165, 1.54) is 16.9 Å². The minimum Gasteiger partial charge on any atom is -0.504 e. The first-order valence-electron chi connectivity index (χ1n) is 18.8. The molecule has 2 N–H and O–H groups in total. The molecule has 4 aromatic rings. The maximum Gasteiger partial charge on any atom is 0.279 e. The molecule has 10 rings (SSSR count). The molecule has 2 amide bonds. The van der Waals surface area contributed by atoms with E-state index < -0.39 is 22.7 Å². The number of likely N-dealkylation sites (tertiary alicyclic amines) is 1. The van der Waals surface area contributed by atoms with Gasteiger partial charge in [0.25, 0.3) is 11.5 Å². The zero-order valence-electron chi connectivity index (χ0n) is 29.9. The van der Waals surface area contributed by atoms with E-state index in [-0.39, 0.29) is 64.7 Å². The number of ether oxygens (including phenoxy) is 1. The van der Waals surface area contributed by atoms with Crippen LogP contribution in [0, 0.1) is 24.6 Å². The molecular weight excluding hydrogens is 679 g/mol. The number of amides is 2. The van der Waals surface area contributed by atoms with Gasteiger partial charge in [0.2, 0.25) is 11.7 Å². The molecular formula is C39H41FN8O5. The molecule has 3 aromatic heterocycles. The second kappa shape index (κ2) is 11.3. The van der Waals surface area contributed by atoms with Gasteiger partial charge in [-0.3, -0.25) is 14.4 Å². The Bertz CT molecular complexity index is 2360. The van der Waals surface area contributed by atoms with Crippen molar-refractivity contribution in [2.24, 2.45) is 11.8 Å². The molecule has 53 heavy (non-hydrogen) atoms. The van der Waals surface area contributed by atoms with Gasteiger partial charge in [-0.05, 0) is 113 Å². The molecule has 2 aliphatic heterocycles. The molecule has 0 radical (unpaired) electrons. The molecule has 13 nitrogen and oxygen atoms in total. The molecule has 1 saturated heterocycles. The van der Waals surface area contributed by atoms with Crippen LogP contribution in [0.4, 0.5) is 10.1 Å². The van der Waals surface area contributed by atoms with Crippen molar-refractivity contribution in [3.8, 4) is 5.75 Å². The highest BCUT2D eigenvalue weighted by Gasteiger charge is 2.70. The summed E-state index contributed by atoms with van der Waals surface area (Å²) in [5.74, 6) is -0.130. The van der Waals surface area contributed by atoms with Crippen LogP contribution in [0.3, 0.4) is 0 Å². The van der Waals surface area contributed by atoms with Gasteiger partial charge in [-0.2, -0.15) is 9.50 Å². The zero-order chi connectivity index (χ0) is 36.6. The summed E-state index contributed by atoms with van der Waals surface area (Å²) in [6.45, 7) is 6.27. The van der Waals surface area contributed by atoms with Crippen LogP contribution in [-0.4, -0.2) is 75.7 Å². The van der Waals surface area contributed by atoms with Gasteiger partial charge in [-0.25, -0.2) is 14.4 Å². The van der Waals surface area contributed by atoms with E-state index in [2.05, 4.69) is 15.3 Å². The second-order valence-corrected chi connectivity index (χ2v) is 16.4. The normalized spacial score (nSPS) is 27.8. The molecule has 1 spiro atoms. The van der Waals surface area contributed by atoms with Crippen LogP contribution in [0.5, 0.6) is 5.75 Å². The number of carbonyl (C=O) groups is 2. The maximum absolute atomic E-state index is 15.2. The first-order chi connectivity index (χ1) is 25.4. The van der Waals surface area contributed by atoms with E-state index in [4.69, 9.17) is 14.8 Å². The number of piperidine rings is 1. The fourth-order valence-corrected chi connectivity index (χ4v) is 10.1. The summed E-state index contributed by atoms with van der Waals surface area (Å²) in [5.41, 5.74) is 2.45. The molecule has 5 heterocycles. The molecule has 0 unspecified atom stereocenters. The van der Waals surface area contributed by atoms with Crippen LogP contribution in [0.25, 0.3) is 11.4 Å². The van der Waals surface area contributed by atoms with E-state index in [0.717, 1.165) is 48.9 Å². The fraction of sp³-hybridized carbons (Fsp3) is 0.513. The number of rotatable bonds is 6. The Morgan fingerprint density at radius 2 is 1.96 bits per heavy atom. The smallest absolute Gasteiger partial charge is 0.279 e. The predicted molar refractivity (Wildman–Crippen MR) is 190 cm³/mol. The minimum atomic E-state index is -0.528. The Labute approximate surface area is 304 Å². The van der Waals surface area contributed by atoms with Crippen molar-refractivity contribution in [1.29, 1.82) is 0 Å². The van der Waals surface area contributed by atoms with E-state index in [9.17, 15) is 19.5 Å². The molecule has 3 saturated carbocycles. The quantitative estimate of drug-likeness (QED) is 0.290. The zero-order valence-corrected chi connectivity index (χ0v) is 29.9. The number of aryl methyl sites for hydroxylation is 1. The third-order valence-electron chi connectivity index (χ3n) is 12.9. The van der Waals surface area contributed by atoms with Crippen LogP contribution in [-0.2, 0) is 21.5 Å². The number of nitrogens with one attached hydrogen (secondary N) is 1. The van der Waals surface area contributed by atoms with Gasteiger partial charge in [0.1, 0.15) is 18.7 Å². The lowest BCUT2D eigenvalue weighted by molar-refractivity contribution is -0.116. The molecule has 4 fully saturated rings. The Morgan fingerprint density at radius 1 is 1.13 bits per heavy atom. The Morgan fingerprint density at radius 3 is 2.70 bits per heavy atom. The number of halogens is 1. The number of nitrogens with zero attached hydrogens (tertiary/aromatic N) is 7. The Balaban J connectivity index is 1.06. The number of fused-ring (bicyclic) bond motifs is 8. The maximum atomic E-state index is 15.2. The summed E-state index contributed by atoms with van der Waals surface area (Å²) in [5, 5.41) is 18.3. The molecule has 274 valence electrons. The molecule has 4 aliphatic carbocycles. The van der Waals surface area contributed by atoms with Gasteiger partial charge in [0.05, 0.1) is 23.6 Å². The lowest BCUT2D eigenvalue weighted by atomic mass is 9.54. The Kier molecular flexibility index (Phi) is 6.94. The topological polar surface area (TPSA) is 157 Å². The van der Waals surface area contributed by atoms with Crippen molar-refractivity contribution >= 4 is 28.9 Å². The van der Waals surface area contributed by atoms with Crippen LogP contribution in [0.2, 0.25) is 0 Å². The van der Waals surface area contributed by atoms with Gasteiger partial charge in [-0.1, -0.05) is 6.07 Å². The molecule has 0 bridgehead atoms. The highest BCUT2D eigenvalue weighted by Crippen LogP contribution is 2.72. The highest BCUT2D eigenvalue weighted by molar-refractivity contribution is 5.95. The van der Waals surface area contributed by atoms with Gasteiger partial charge >= 0.3 is 0 Å². The van der Waals surface area contributed by atoms with Gasteiger partial charge < -0.3 is 24.6 Å². The molecule has 5 atom stereocenters. The monoisotopic (exact) mass is 720 g/mol. The minimum absolute atomic E-state index is 0.00928. The number of benzene rings is 1. The van der Waals surface area contributed by atoms with E-state index in [1.807, 2.05) is 35.5 Å². The van der Waals surface area contributed by atoms with Crippen LogP contribution in [0.1, 0.15) is 109 Å². The highest BCUT2D eigenvalue weighted by atomic mass is 19.1. The number of hydrogen-bond acceptors (Lipinski definition) is 9. The molecule has 14 heteroatoms. The number of anilines is 1. The molecule has 1 aromatic carbocycles. The summed E-state index contributed by atoms with van der Waals surface area (Å²) in [4.78, 5) is 57.5. The third kappa shape index (κ3) is 4.86. The van der Waals surface area contributed by atoms with Crippen molar-refractivity contribution in [2.45, 2.75) is 101 Å². The summed E-state index contributed by atoms with van der Waals surface area (Å²) in [7, 11) is 0. The number of aromatic nitrogens is 6. The predicted octanol–water partition coefficient (Wildman–Crippen LogP) is 4.61. The number of aromatic hydroxyl groups is 1. The largest absolute Gasteiger partial charge is 0.504 e. The van der Waals surface area contributed by atoms with E-state index in [0.29, 0.717) is 49.0 Å². The van der Waals surface area contributed by atoms with Crippen LogP contribution >= 0.6 is 0 Å². The van der Waals surface area contributed by atoms with Crippen LogP contribution in [0.15, 0.2) is 35.4 Å². The fourth-order valence-electron chi connectivity index (χ4n) is 10.1. The van der Waals surface area contributed by atoms with E-state index >= 15 is 4.39 Å². The summed E-state index contributed by atoms with van der Waals surface area (Å²) < 4.78 is 24.3. The summed E-state index contributed by atoms with van der Waals surface area (Å²) in [6, 6.07) is 4.88. The van der Waals surface area contributed by atoms with Gasteiger partial charge in [0.15, 0.2) is 17.3 Å². The van der Waals surface area contributed by atoms with Crippen molar-refractivity contribution in [3.05, 3.63) is 80.8 Å². The van der Waals surface area contributed by atoms with Crippen molar-refractivity contribution < 1.29 is 23.8 Å². The summed E-state index contributed by atoms with van der Waals surface area (Å²) in [6.07, 6.45) is 8.98. The third-order valence-corrected chi connectivity index (χ3v) is 12.9. The number of hydrogen-bond donors (Lipinski definition) is 2. The molecule has 6 aliphatic rings. The standard InChI is InChI=1S/C39H41FN8O5/c1-19-33(50)31(42-18-41-19)36(52)46-12-11-39(24-7-9-28(24)46)25-15-23(25)32-30(39)35(51)48-37(44-34(45-48)22-10-13-53-38(2,3)16-22)47(32)17-29(49)43-27-8-6-21(14-26(27)40)20-4-5-20/h6,8,14,16,18,20,23-25,28,50H,4-5,7,9-13,15,17H2,1-3H3,(H,43,49)/t23-,24+,25+,28-,39-/m0/s1.